The van der Waals surface area contributed by atoms with Gasteiger partial charge in [0.2, 0.25) is 0 Å². The van der Waals surface area contributed by atoms with Crippen LogP contribution >= 0.6 is 7.60 Å². The second-order valence-electron chi connectivity index (χ2n) is 8.64. The molecule has 0 saturated carbocycles. The van der Waals surface area contributed by atoms with E-state index in [1.54, 1.807) is 0 Å². The Kier molecular flexibility index (Phi) is 9.40. The molecule has 2 aromatic carbocycles. The molecule has 0 spiro atoms. The lowest BCUT2D eigenvalue weighted by molar-refractivity contribution is -0.117. The molecule has 0 saturated heterocycles. The molecule has 0 unspecified atom stereocenters. The Labute approximate surface area is 187 Å². The Hall–Kier alpha value is -1.56. The maximum atomic E-state index is 12.2. The van der Waals surface area contributed by atoms with Gasteiger partial charge in [0.25, 0.3) is 8.32 Å². The predicted octanol–water partition coefficient (Wildman–Crippen LogP) is 4.79. The molecule has 0 N–H and O–H groups in total. The fraction of sp³-hybridized carbons (Fsp3) is 0.458. The average Bonchev–Trinajstić information content (AvgIpc) is 2.76. The zero-order chi connectivity index (χ0) is 23.0. The molecular weight excluding hydrogens is 427 g/mol. The number of Topliss-reactive ketones (excluding diaryl/α,β-unsaturated/α-hetero) is 1. The highest BCUT2D eigenvalue weighted by molar-refractivity contribution is 7.54. The van der Waals surface area contributed by atoms with Crippen LogP contribution < -0.4 is 10.4 Å². The maximum absolute atomic E-state index is 12.2. The Morgan fingerprint density at radius 3 is 1.77 bits per heavy atom. The lowest BCUT2D eigenvalue weighted by Crippen LogP contribution is -2.66. The van der Waals surface area contributed by atoms with Crippen LogP contribution in [0.5, 0.6) is 0 Å². The highest BCUT2D eigenvalue weighted by Crippen LogP contribution is 2.46. The number of benzene rings is 2. The summed E-state index contributed by atoms with van der Waals surface area (Å²) in [4.78, 5) is 12.2. The van der Waals surface area contributed by atoms with Gasteiger partial charge in [0.15, 0.2) is 0 Å². The van der Waals surface area contributed by atoms with Gasteiger partial charge in [-0.3, -0.25) is 9.36 Å². The second kappa shape index (κ2) is 11.3. The summed E-state index contributed by atoms with van der Waals surface area (Å²) in [5, 5.41) is 2.41. The summed E-state index contributed by atoms with van der Waals surface area (Å²) in [6.45, 7) is 7.30. The van der Waals surface area contributed by atoms with E-state index in [-0.39, 0.29) is 17.0 Å². The van der Waals surface area contributed by atoms with E-state index in [1.807, 2.05) is 12.1 Å². The molecule has 0 bridgehead atoms. The monoisotopic (exact) mass is 462 g/mol. The quantitative estimate of drug-likeness (QED) is 0.258. The molecule has 5 nitrogen and oxygen atoms in total. The van der Waals surface area contributed by atoms with Crippen molar-refractivity contribution in [3.05, 3.63) is 60.7 Å². The van der Waals surface area contributed by atoms with Crippen molar-refractivity contribution >= 4 is 32.1 Å². The van der Waals surface area contributed by atoms with Crippen molar-refractivity contribution in [3.63, 3.8) is 0 Å². The van der Waals surface area contributed by atoms with Gasteiger partial charge in [-0.05, 0) is 28.3 Å². The minimum atomic E-state index is -3.30. The van der Waals surface area contributed by atoms with Crippen molar-refractivity contribution < 1.29 is 22.8 Å². The molecule has 2 rings (SSSR count). The van der Waals surface area contributed by atoms with E-state index in [1.165, 1.54) is 24.6 Å². The summed E-state index contributed by atoms with van der Waals surface area (Å²) in [5.41, 5.74) is 0. The normalized spacial score (nSPS) is 12.7. The highest BCUT2D eigenvalue weighted by Gasteiger charge is 2.49. The molecule has 0 heterocycles. The third-order valence-corrected chi connectivity index (χ3v) is 12.4. The molecule has 0 fully saturated rings. The van der Waals surface area contributed by atoms with Crippen LogP contribution in [0.4, 0.5) is 0 Å². The highest BCUT2D eigenvalue weighted by atomic mass is 31.2. The van der Waals surface area contributed by atoms with E-state index in [4.69, 9.17) is 13.5 Å². The van der Waals surface area contributed by atoms with Crippen LogP contribution in [0.15, 0.2) is 60.7 Å². The van der Waals surface area contributed by atoms with Crippen LogP contribution in [-0.2, 0) is 22.8 Å². The molecule has 0 aliphatic rings. The first-order valence-corrected chi connectivity index (χ1v) is 14.3. The Bertz CT molecular complexity index is 817. The molecule has 2 aromatic rings. The van der Waals surface area contributed by atoms with Crippen LogP contribution in [0.1, 0.15) is 40.0 Å². The van der Waals surface area contributed by atoms with E-state index in [0.717, 1.165) is 6.42 Å². The first-order valence-electron chi connectivity index (χ1n) is 10.7. The minimum Gasteiger partial charge on any atom is -0.407 e. The van der Waals surface area contributed by atoms with E-state index in [9.17, 15) is 9.36 Å². The molecular formula is C24H35O5PSi. The van der Waals surface area contributed by atoms with Gasteiger partial charge in [0.1, 0.15) is 11.9 Å². The number of unbranched alkanes of at least 4 members (excludes halogenated alkanes) is 1. The Morgan fingerprint density at radius 2 is 1.35 bits per heavy atom. The molecule has 0 aliphatic carbocycles. The van der Waals surface area contributed by atoms with Gasteiger partial charge in [0.05, 0.1) is 0 Å². The van der Waals surface area contributed by atoms with Crippen molar-refractivity contribution in [2.75, 3.05) is 27.0 Å². The van der Waals surface area contributed by atoms with E-state index in [2.05, 4.69) is 69.3 Å². The fourth-order valence-electron chi connectivity index (χ4n) is 3.91. The Balaban J connectivity index is 2.12. The van der Waals surface area contributed by atoms with Gasteiger partial charge in [-0.25, -0.2) is 0 Å². The maximum Gasteiger partial charge on any atom is 0.337 e. The SMILES string of the molecule is COP(=O)(CC(=O)CCCCO[Si](c1ccccc1)(c1ccccc1)C(C)(C)C)OC. The summed E-state index contributed by atoms with van der Waals surface area (Å²) in [5.74, 6) is -0.113. The lowest BCUT2D eigenvalue weighted by Gasteiger charge is -2.43. The predicted molar refractivity (Wildman–Crippen MR) is 129 cm³/mol. The van der Waals surface area contributed by atoms with Crippen LogP contribution in [-0.4, -0.2) is 41.1 Å². The van der Waals surface area contributed by atoms with Crippen LogP contribution in [0.2, 0.25) is 5.04 Å². The molecule has 0 amide bonds. The fourth-order valence-corrected chi connectivity index (χ4v) is 9.51. The molecule has 0 radical (unpaired) electrons. The number of hydrogen-bond acceptors (Lipinski definition) is 5. The van der Waals surface area contributed by atoms with Crippen molar-refractivity contribution in [2.45, 2.75) is 45.1 Å². The van der Waals surface area contributed by atoms with E-state index < -0.39 is 15.9 Å². The number of ketones is 1. The first kappa shape index (κ1) is 25.7. The van der Waals surface area contributed by atoms with Crippen LogP contribution in [0, 0.1) is 0 Å². The van der Waals surface area contributed by atoms with Crippen molar-refractivity contribution in [2.24, 2.45) is 0 Å². The molecule has 7 heteroatoms. The van der Waals surface area contributed by atoms with Gasteiger partial charge < -0.3 is 13.5 Å². The van der Waals surface area contributed by atoms with Crippen molar-refractivity contribution in [1.82, 2.24) is 0 Å². The van der Waals surface area contributed by atoms with Gasteiger partial charge >= 0.3 is 7.60 Å². The number of carbonyl (C=O) groups excluding carboxylic acids is 1. The van der Waals surface area contributed by atoms with E-state index in [0.29, 0.717) is 19.4 Å². The molecule has 31 heavy (non-hydrogen) atoms. The molecule has 0 aromatic heterocycles. The number of carbonyl (C=O) groups is 1. The molecule has 0 atom stereocenters. The van der Waals surface area contributed by atoms with Crippen LogP contribution in [0.25, 0.3) is 0 Å². The van der Waals surface area contributed by atoms with Gasteiger partial charge in [-0.1, -0.05) is 81.4 Å². The lowest BCUT2D eigenvalue weighted by atomic mass is 10.2. The van der Waals surface area contributed by atoms with Crippen molar-refractivity contribution in [3.8, 4) is 0 Å². The average molecular weight is 463 g/mol. The smallest absolute Gasteiger partial charge is 0.337 e. The summed E-state index contributed by atoms with van der Waals surface area (Å²) >= 11 is 0. The summed E-state index contributed by atoms with van der Waals surface area (Å²) < 4.78 is 28.7. The third-order valence-electron chi connectivity index (χ3n) is 5.51. The summed E-state index contributed by atoms with van der Waals surface area (Å²) in [6.07, 6.45) is 1.57. The summed E-state index contributed by atoms with van der Waals surface area (Å²) in [7, 11) is -3.24. The zero-order valence-corrected chi connectivity index (χ0v) is 21.2. The summed E-state index contributed by atoms with van der Waals surface area (Å²) in [6, 6.07) is 21.0. The number of hydrogen-bond donors (Lipinski definition) is 0. The zero-order valence-electron chi connectivity index (χ0n) is 19.3. The third kappa shape index (κ3) is 6.47. The first-order chi connectivity index (χ1) is 14.7. The van der Waals surface area contributed by atoms with Gasteiger partial charge in [0, 0.05) is 27.2 Å². The molecule has 0 aliphatic heterocycles. The van der Waals surface area contributed by atoms with Gasteiger partial charge in [-0.15, -0.1) is 0 Å². The minimum absolute atomic E-state index is 0.0743. The van der Waals surface area contributed by atoms with Crippen LogP contribution in [0.3, 0.4) is 0 Å². The largest absolute Gasteiger partial charge is 0.407 e. The second-order valence-corrected chi connectivity index (χ2v) is 15.2. The van der Waals surface area contributed by atoms with Crippen molar-refractivity contribution in [1.29, 1.82) is 0 Å². The number of rotatable bonds is 12. The van der Waals surface area contributed by atoms with E-state index >= 15 is 0 Å². The topological polar surface area (TPSA) is 61.8 Å². The van der Waals surface area contributed by atoms with Gasteiger partial charge in [-0.2, -0.15) is 0 Å². The standard InChI is InChI=1S/C24H35O5PSi/c1-24(2,3)31(22-15-8-6-9-16-22,23-17-10-7-11-18-23)29-19-13-12-14-21(25)20-30(26,27-4)28-5/h6-11,15-18H,12-14,19-20H2,1-5H3. The molecule has 170 valence electrons. The Morgan fingerprint density at radius 1 is 0.871 bits per heavy atom.